The topological polar surface area (TPSA) is 44.8 Å². The van der Waals surface area contributed by atoms with Crippen LogP contribution in [-0.4, -0.2) is 31.2 Å². The van der Waals surface area contributed by atoms with Crippen LogP contribution in [0.2, 0.25) is 0 Å². The predicted molar refractivity (Wildman–Crippen MR) is 73.5 cm³/mol. The van der Waals surface area contributed by atoms with Crippen LogP contribution in [0.4, 0.5) is 0 Å². The molecule has 106 valence electrons. The standard InChI is InChI=1S/C16H18O4/c1-10-13-7-8-14(20-13)16(15(10)17)19-9-11-3-5-12(18-2)6-4-11/h3-8,10,13-14,16H,9H2,1-2H3/t10-,13-,14+,16+/m0/s1. The van der Waals surface area contributed by atoms with Crippen LogP contribution in [0.3, 0.4) is 0 Å². The molecule has 0 radical (unpaired) electrons. The van der Waals surface area contributed by atoms with E-state index in [0.717, 1.165) is 11.3 Å². The summed E-state index contributed by atoms with van der Waals surface area (Å²) < 4.78 is 16.6. The Bertz CT molecular complexity index is 520. The monoisotopic (exact) mass is 274 g/mol. The molecule has 1 fully saturated rings. The van der Waals surface area contributed by atoms with Crippen molar-refractivity contribution < 1.29 is 19.0 Å². The molecule has 20 heavy (non-hydrogen) atoms. The Morgan fingerprint density at radius 3 is 2.55 bits per heavy atom. The Balaban J connectivity index is 1.65. The molecule has 4 atom stereocenters. The second-order valence-electron chi connectivity index (χ2n) is 5.22. The molecular weight excluding hydrogens is 256 g/mol. The van der Waals surface area contributed by atoms with Crippen LogP contribution in [0.15, 0.2) is 36.4 Å². The highest BCUT2D eigenvalue weighted by atomic mass is 16.6. The van der Waals surface area contributed by atoms with Crippen LogP contribution in [0.25, 0.3) is 0 Å². The molecule has 2 aliphatic rings. The maximum Gasteiger partial charge on any atom is 0.170 e. The summed E-state index contributed by atoms with van der Waals surface area (Å²) in [6.45, 7) is 2.29. The Morgan fingerprint density at radius 1 is 1.15 bits per heavy atom. The molecule has 4 nitrogen and oxygen atoms in total. The van der Waals surface area contributed by atoms with Crippen molar-refractivity contribution in [3.63, 3.8) is 0 Å². The van der Waals surface area contributed by atoms with Crippen molar-refractivity contribution in [3.8, 4) is 5.75 Å². The molecule has 2 aliphatic heterocycles. The number of hydrogen-bond donors (Lipinski definition) is 0. The van der Waals surface area contributed by atoms with Crippen molar-refractivity contribution in [2.75, 3.05) is 7.11 Å². The van der Waals surface area contributed by atoms with E-state index in [1.54, 1.807) is 7.11 Å². The van der Waals surface area contributed by atoms with Gasteiger partial charge in [-0.1, -0.05) is 31.2 Å². The summed E-state index contributed by atoms with van der Waals surface area (Å²) in [7, 11) is 1.63. The predicted octanol–water partition coefficient (Wildman–Crippen LogP) is 2.12. The van der Waals surface area contributed by atoms with Crippen molar-refractivity contribution >= 4 is 5.78 Å². The fraction of sp³-hybridized carbons (Fsp3) is 0.438. The second-order valence-corrected chi connectivity index (χ2v) is 5.22. The Labute approximate surface area is 118 Å². The molecule has 0 saturated carbocycles. The summed E-state index contributed by atoms with van der Waals surface area (Å²) in [5.74, 6) is 0.802. The van der Waals surface area contributed by atoms with E-state index < -0.39 is 6.10 Å². The van der Waals surface area contributed by atoms with E-state index >= 15 is 0 Å². The first-order valence-electron chi connectivity index (χ1n) is 6.81. The zero-order valence-corrected chi connectivity index (χ0v) is 11.6. The van der Waals surface area contributed by atoms with Gasteiger partial charge in [0.25, 0.3) is 0 Å². The summed E-state index contributed by atoms with van der Waals surface area (Å²) in [6.07, 6.45) is 3.09. The minimum atomic E-state index is -0.498. The number of Topliss-reactive ketones (excluding diaryl/α,β-unsaturated/α-hetero) is 1. The van der Waals surface area contributed by atoms with Crippen molar-refractivity contribution in [2.24, 2.45) is 5.92 Å². The fourth-order valence-electron chi connectivity index (χ4n) is 2.62. The average molecular weight is 274 g/mol. The average Bonchev–Trinajstić information content (AvgIpc) is 2.92. The molecule has 0 spiro atoms. The number of carbonyl (C=O) groups is 1. The summed E-state index contributed by atoms with van der Waals surface area (Å²) in [4.78, 5) is 12.2. The number of hydrogen-bond acceptors (Lipinski definition) is 4. The molecule has 1 aromatic rings. The van der Waals surface area contributed by atoms with E-state index in [9.17, 15) is 4.79 Å². The van der Waals surface area contributed by atoms with E-state index in [1.807, 2.05) is 43.3 Å². The molecule has 0 N–H and O–H groups in total. The molecule has 2 heterocycles. The van der Waals surface area contributed by atoms with Crippen molar-refractivity contribution in [2.45, 2.75) is 31.8 Å². The molecule has 1 saturated heterocycles. The minimum absolute atomic E-state index is 0.0756. The van der Waals surface area contributed by atoms with Gasteiger partial charge in [-0.3, -0.25) is 4.79 Å². The van der Waals surface area contributed by atoms with Crippen molar-refractivity contribution in [1.29, 1.82) is 0 Å². The molecule has 0 unspecified atom stereocenters. The lowest BCUT2D eigenvalue weighted by molar-refractivity contribution is -0.162. The molecule has 2 bridgehead atoms. The van der Waals surface area contributed by atoms with Gasteiger partial charge in [-0.15, -0.1) is 0 Å². The Morgan fingerprint density at radius 2 is 1.85 bits per heavy atom. The highest BCUT2D eigenvalue weighted by Gasteiger charge is 2.44. The van der Waals surface area contributed by atoms with Gasteiger partial charge in [0.2, 0.25) is 0 Å². The smallest absolute Gasteiger partial charge is 0.170 e. The van der Waals surface area contributed by atoms with Gasteiger partial charge in [-0.2, -0.15) is 0 Å². The van der Waals surface area contributed by atoms with Crippen LogP contribution >= 0.6 is 0 Å². The van der Waals surface area contributed by atoms with Gasteiger partial charge in [-0.05, 0) is 17.7 Å². The van der Waals surface area contributed by atoms with Crippen molar-refractivity contribution in [1.82, 2.24) is 0 Å². The zero-order chi connectivity index (χ0) is 14.1. The first kappa shape index (κ1) is 13.3. The van der Waals surface area contributed by atoms with Crippen LogP contribution in [0, 0.1) is 5.92 Å². The summed E-state index contributed by atoms with van der Waals surface area (Å²) in [5.41, 5.74) is 1.01. The van der Waals surface area contributed by atoms with Crippen LogP contribution < -0.4 is 4.74 Å². The lowest BCUT2D eigenvalue weighted by Gasteiger charge is -2.32. The van der Waals surface area contributed by atoms with Gasteiger partial charge >= 0.3 is 0 Å². The van der Waals surface area contributed by atoms with E-state index in [0.29, 0.717) is 6.61 Å². The zero-order valence-electron chi connectivity index (χ0n) is 11.6. The second kappa shape index (κ2) is 5.38. The minimum Gasteiger partial charge on any atom is -0.497 e. The van der Waals surface area contributed by atoms with Crippen LogP contribution in [0.5, 0.6) is 5.75 Å². The highest BCUT2D eigenvalue weighted by Crippen LogP contribution is 2.31. The third-order valence-corrected chi connectivity index (χ3v) is 3.91. The first-order valence-corrected chi connectivity index (χ1v) is 6.81. The summed E-state index contributed by atoms with van der Waals surface area (Å²) in [6, 6.07) is 7.63. The summed E-state index contributed by atoms with van der Waals surface area (Å²) >= 11 is 0. The Kier molecular flexibility index (Phi) is 3.59. The lowest BCUT2D eigenvalue weighted by atomic mass is 9.93. The lowest BCUT2D eigenvalue weighted by Crippen LogP contribution is -2.47. The normalized spacial score (nSPS) is 31.6. The quantitative estimate of drug-likeness (QED) is 0.789. The number of ether oxygens (including phenoxy) is 3. The molecule has 0 amide bonds. The number of benzene rings is 1. The SMILES string of the molecule is COc1ccc(CO[C@H]2C(=O)[C@@H](C)[C@@H]3C=C[C@H]2O3)cc1. The number of carbonyl (C=O) groups excluding carboxylic acids is 1. The Hall–Kier alpha value is -1.65. The fourth-order valence-corrected chi connectivity index (χ4v) is 2.62. The first-order chi connectivity index (χ1) is 9.69. The van der Waals surface area contributed by atoms with E-state index in [4.69, 9.17) is 14.2 Å². The number of fused-ring (bicyclic) bond motifs is 2. The van der Waals surface area contributed by atoms with E-state index in [1.165, 1.54) is 0 Å². The van der Waals surface area contributed by atoms with Gasteiger partial charge in [-0.25, -0.2) is 0 Å². The van der Waals surface area contributed by atoms with Gasteiger partial charge in [0.15, 0.2) is 5.78 Å². The largest absolute Gasteiger partial charge is 0.497 e. The summed E-state index contributed by atoms with van der Waals surface area (Å²) in [5, 5.41) is 0. The third-order valence-electron chi connectivity index (χ3n) is 3.91. The molecule has 1 aromatic carbocycles. The van der Waals surface area contributed by atoms with Gasteiger partial charge < -0.3 is 14.2 Å². The highest BCUT2D eigenvalue weighted by molar-refractivity contribution is 5.88. The molecule has 0 aliphatic carbocycles. The van der Waals surface area contributed by atoms with E-state index in [2.05, 4.69) is 0 Å². The van der Waals surface area contributed by atoms with Gasteiger partial charge in [0.05, 0.1) is 19.8 Å². The number of methoxy groups -OCH3 is 1. The third kappa shape index (κ3) is 2.37. The number of ketones is 1. The van der Waals surface area contributed by atoms with Crippen LogP contribution in [-0.2, 0) is 20.9 Å². The molecule has 0 aromatic heterocycles. The maximum absolute atomic E-state index is 12.2. The van der Waals surface area contributed by atoms with E-state index in [-0.39, 0.29) is 23.9 Å². The maximum atomic E-state index is 12.2. The number of rotatable bonds is 4. The van der Waals surface area contributed by atoms with Crippen molar-refractivity contribution in [3.05, 3.63) is 42.0 Å². The molecule has 3 rings (SSSR count). The molecular formula is C16H18O4. The molecule has 4 heteroatoms. The van der Waals surface area contributed by atoms with Crippen LogP contribution in [0.1, 0.15) is 12.5 Å². The van der Waals surface area contributed by atoms with Gasteiger partial charge in [0, 0.05) is 5.92 Å². The van der Waals surface area contributed by atoms with Gasteiger partial charge in [0.1, 0.15) is 18.0 Å².